The van der Waals surface area contributed by atoms with E-state index in [0.717, 1.165) is 11.8 Å². The average Bonchev–Trinajstić information content (AvgIpc) is 3.20. The van der Waals surface area contributed by atoms with Crippen LogP contribution in [0, 0.1) is 0 Å². The summed E-state index contributed by atoms with van der Waals surface area (Å²) in [5.41, 5.74) is 0.457. The number of H-pyrrole nitrogens is 1. The number of hydrazone groups is 1. The molecule has 34 heavy (non-hydrogen) atoms. The van der Waals surface area contributed by atoms with E-state index >= 15 is 0 Å². The summed E-state index contributed by atoms with van der Waals surface area (Å²) in [5, 5.41) is 29.3. The fraction of sp³-hybridized carbons (Fsp3) is 0.333. The number of nitrogens with one attached hydrogen (secondary N) is 2. The van der Waals surface area contributed by atoms with E-state index < -0.39 is 21.8 Å². The number of carbonyl (C=O) groups excluding carboxylic acids is 1. The summed E-state index contributed by atoms with van der Waals surface area (Å²) in [6.45, 7) is 1.95. The molecule has 0 spiro atoms. The number of amides is 1. The third-order valence-electron chi connectivity index (χ3n) is 4.94. The highest BCUT2D eigenvalue weighted by atomic mass is 32.2. The first-order chi connectivity index (χ1) is 15.9. The molecule has 0 aliphatic carbocycles. The normalized spacial score (nSPS) is 17.2. The van der Waals surface area contributed by atoms with Crippen LogP contribution in [-0.2, 0) is 14.8 Å². The second kappa shape index (κ2) is 9.55. The number of nitrogens with zero attached hydrogens (tertiary/aromatic N) is 5. The third kappa shape index (κ3) is 5.20. The molecule has 1 atom stereocenters. The van der Waals surface area contributed by atoms with E-state index in [4.69, 9.17) is 0 Å². The lowest BCUT2D eigenvalue weighted by Gasteiger charge is -2.19. The van der Waals surface area contributed by atoms with Gasteiger partial charge in [0, 0.05) is 21.1 Å². The van der Waals surface area contributed by atoms with Crippen LogP contribution in [0.3, 0.4) is 0 Å². The number of amidine groups is 1. The Balaban J connectivity index is 2.11. The maximum absolute atomic E-state index is 12.6. The number of anilines is 1. The first-order valence-electron chi connectivity index (χ1n) is 10.3. The molecule has 0 fully saturated rings. The molecule has 0 saturated heterocycles. The predicted octanol–water partition coefficient (Wildman–Crippen LogP) is 1.81. The van der Waals surface area contributed by atoms with E-state index in [1.807, 2.05) is 37.3 Å². The molecule has 1 aromatic heterocycles. The van der Waals surface area contributed by atoms with E-state index in [0.29, 0.717) is 6.42 Å². The molecule has 1 amide bonds. The Kier molecular flexibility index (Phi) is 6.96. The Morgan fingerprint density at radius 2 is 1.88 bits per heavy atom. The molecule has 0 unspecified atom stereocenters. The van der Waals surface area contributed by atoms with Gasteiger partial charge in [0.05, 0.1) is 12.3 Å². The van der Waals surface area contributed by atoms with Crippen molar-refractivity contribution in [1.29, 1.82) is 0 Å². The molecule has 2 aromatic rings. The largest absolute Gasteiger partial charge is 0.493 e. The van der Waals surface area contributed by atoms with Gasteiger partial charge in [0.2, 0.25) is 11.8 Å². The van der Waals surface area contributed by atoms with Gasteiger partial charge in [-0.1, -0.05) is 37.3 Å². The van der Waals surface area contributed by atoms with E-state index in [1.165, 1.54) is 31.1 Å². The SMILES string of the molecule is CC[C@@H](Nc1c(O)[nH]c(O)c1N=C1/C(=N\S(C)(=O)=O)C(C(=O)N(C)C)=NN1C)c1ccccc1. The highest BCUT2D eigenvalue weighted by Gasteiger charge is 2.35. The van der Waals surface area contributed by atoms with E-state index in [9.17, 15) is 23.4 Å². The van der Waals surface area contributed by atoms with Crippen LogP contribution in [0.2, 0.25) is 0 Å². The summed E-state index contributed by atoms with van der Waals surface area (Å²) in [7, 11) is 0.513. The molecule has 182 valence electrons. The zero-order valence-corrected chi connectivity index (χ0v) is 20.3. The zero-order valence-electron chi connectivity index (χ0n) is 19.4. The van der Waals surface area contributed by atoms with Crippen molar-refractivity contribution in [2.75, 3.05) is 32.7 Å². The van der Waals surface area contributed by atoms with E-state index in [-0.39, 0.29) is 40.6 Å². The maximum atomic E-state index is 12.6. The summed E-state index contributed by atoms with van der Waals surface area (Å²) >= 11 is 0. The number of aromatic amines is 1. The minimum absolute atomic E-state index is 0.0938. The number of hydrogen-bond donors (Lipinski definition) is 4. The molecule has 1 aliphatic rings. The number of sulfonamides is 1. The van der Waals surface area contributed by atoms with Crippen LogP contribution in [0.1, 0.15) is 24.9 Å². The second-order valence-corrected chi connectivity index (χ2v) is 9.49. The van der Waals surface area contributed by atoms with Crippen molar-refractivity contribution in [3.63, 3.8) is 0 Å². The van der Waals surface area contributed by atoms with Crippen molar-refractivity contribution < 1.29 is 23.4 Å². The van der Waals surface area contributed by atoms with Gasteiger partial charge in [0.1, 0.15) is 5.69 Å². The van der Waals surface area contributed by atoms with Crippen LogP contribution in [0.5, 0.6) is 11.8 Å². The number of rotatable bonds is 7. The molecule has 1 aromatic carbocycles. The molecule has 0 saturated carbocycles. The first kappa shape index (κ1) is 24.8. The fourth-order valence-corrected chi connectivity index (χ4v) is 3.83. The quantitative estimate of drug-likeness (QED) is 0.461. The minimum atomic E-state index is -3.93. The van der Waals surface area contributed by atoms with Crippen molar-refractivity contribution in [2.45, 2.75) is 19.4 Å². The van der Waals surface area contributed by atoms with Gasteiger partial charge in [-0.3, -0.25) is 9.78 Å². The van der Waals surface area contributed by atoms with Crippen molar-refractivity contribution in [1.82, 2.24) is 14.9 Å². The topological polar surface area (TPSA) is 163 Å². The number of aliphatic imine (C=N–C) groups is 1. The maximum Gasteiger partial charge on any atom is 0.276 e. The van der Waals surface area contributed by atoms with Crippen LogP contribution in [0.25, 0.3) is 0 Å². The van der Waals surface area contributed by atoms with Gasteiger partial charge in [-0.2, -0.15) is 9.50 Å². The van der Waals surface area contributed by atoms with Gasteiger partial charge < -0.3 is 20.4 Å². The summed E-state index contributed by atoms with van der Waals surface area (Å²) in [4.78, 5) is 20.6. The molecule has 1 aliphatic heterocycles. The van der Waals surface area contributed by atoms with Crippen molar-refractivity contribution >= 4 is 44.6 Å². The molecule has 13 heteroatoms. The lowest BCUT2D eigenvalue weighted by molar-refractivity contribution is -0.121. The third-order valence-corrected chi connectivity index (χ3v) is 5.45. The summed E-state index contributed by atoms with van der Waals surface area (Å²) in [5.74, 6) is -1.50. The highest BCUT2D eigenvalue weighted by Crippen LogP contribution is 2.44. The van der Waals surface area contributed by atoms with Gasteiger partial charge in [0.15, 0.2) is 22.9 Å². The van der Waals surface area contributed by atoms with Crippen LogP contribution in [-0.4, -0.2) is 84.1 Å². The number of benzene rings is 1. The fourth-order valence-electron chi connectivity index (χ4n) is 3.33. The molecular weight excluding hydrogens is 462 g/mol. The summed E-state index contributed by atoms with van der Waals surface area (Å²) in [6, 6.07) is 9.27. The molecule has 0 bridgehead atoms. The predicted molar refractivity (Wildman–Crippen MR) is 130 cm³/mol. The monoisotopic (exact) mass is 489 g/mol. The second-order valence-electron chi connectivity index (χ2n) is 7.84. The van der Waals surface area contributed by atoms with Crippen LogP contribution in [0.15, 0.2) is 44.8 Å². The van der Waals surface area contributed by atoms with Gasteiger partial charge in [-0.25, -0.2) is 18.4 Å². The Hall–Kier alpha value is -3.87. The summed E-state index contributed by atoms with van der Waals surface area (Å²) in [6.07, 6.45) is 1.53. The lowest BCUT2D eigenvalue weighted by atomic mass is 10.0. The Labute approximate surface area is 197 Å². The molecule has 4 N–H and O–H groups in total. The number of aromatic hydroxyl groups is 2. The Morgan fingerprint density at radius 3 is 2.44 bits per heavy atom. The van der Waals surface area contributed by atoms with Crippen LogP contribution in [0.4, 0.5) is 11.4 Å². The lowest BCUT2D eigenvalue weighted by Crippen LogP contribution is -2.36. The number of hydrogen-bond acceptors (Lipinski definition) is 8. The standard InChI is InChI=1S/C21H27N7O5S/c1-6-13(12-10-8-7-9-11-12)22-15-16(20(30)24-19(15)29)23-18-14(26-34(5,32)33)17(25-28(18)4)21(31)27(2)3/h7-11,13,22,24,29-30H,6H2,1-5H3/b23-18?,26-14-/t13-/m1/s1. The van der Waals surface area contributed by atoms with Gasteiger partial charge in [0.25, 0.3) is 15.9 Å². The van der Waals surface area contributed by atoms with Gasteiger partial charge >= 0.3 is 0 Å². The highest BCUT2D eigenvalue weighted by molar-refractivity contribution is 7.89. The minimum Gasteiger partial charge on any atom is -0.493 e. The van der Waals surface area contributed by atoms with Crippen molar-refractivity contribution in [3.05, 3.63) is 35.9 Å². The van der Waals surface area contributed by atoms with Crippen LogP contribution >= 0.6 is 0 Å². The molecule has 12 nitrogen and oxygen atoms in total. The van der Waals surface area contributed by atoms with Crippen molar-refractivity contribution in [2.24, 2.45) is 14.5 Å². The molecule has 3 rings (SSSR count). The first-order valence-corrected chi connectivity index (χ1v) is 12.2. The van der Waals surface area contributed by atoms with E-state index in [2.05, 4.69) is 24.8 Å². The zero-order chi connectivity index (χ0) is 25.2. The number of aromatic nitrogens is 1. The molecular formula is C21H27N7O5S. The molecule has 2 heterocycles. The van der Waals surface area contributed by atoms with Gasteiger partial charge in [-0.15, -0.1) is 0 Å². The number of carbonyl (C=O) groups is 1. The Bertz CT molecular complexity index is 1280. The summed E-state index contributed by atoms with van der Waals surface area (Å²) < 4.78 is 27.6. The van der Waals surface area contributed by atoms with E-state index in [1.54, 1.807) is 0 Å². The molecule has 0 radical (unpaired) electrons. The Morgan fingerprint density at radius 1 is 1.24 bits per heavy atom. The smallest absolute Gasteiger partial charge is 0.276 e. The van der Waals surface area contributed by atoms with Crippen LogP contribution < -0.4 is 5.32 Å². The van der Waals surface area contributed by atoms with Gasteiger partial charge in [-0.05, 0) is 12.0 Å². The van der Waals surface area contributed by atoms with Crippen molar-refractivity contribution in [3.8, 4) is 11.8 Å². The average molecular weight is 490 g/mol.